The maximum absolute atomic E-state index is 11.3. The molecule has 0 saturated carbocycles. The first-order valence-corrected chi connectivity index (χ1v) is 7.77. The molecule has 2 heterocycles. The normalized spacial score (nSPS) is 10.7. The van der Waals surface area contributed by atoms with Crippen LogP contribution in [0.1, 0.15) is 27.7 Å². The number of nitrogens with zero attached hydrogens (tertiary/aromatic N) is 2. The maximum atomic E-state index is 11.3. The number of aromatic nitrogens is 2. The Labute approximate surface area is 127 Å². The van der Waals surface area contributed by atoms with Crippen LogP contribution in [-0.4, -0.2) is 16.1 Å². The third kappa shape index (κ3) is 2.95. The molecule has 21 heavy (non-hydrogen) atoms. The van der Waals surface area contributed by atoms with E-state index in [1.165, 1.54) is 10.4 Å². The van der Waals surface area contributed by atoms with Gasteiger partial charge in [-0.05, 0) is 24.1 Å². The Bertz CT molecular complexity index is 743. The molecule has 0 aliphatic carbocycles. The molecule has 0 N–H and O–H groups in total. The quantitative estimate of drug-likeness (QED) is 0.666. The summed E-state index contributed by atoms with van der Waals surface area (Å²) >= 11 is 1.70. The first-order chi connectivity index (χ1) is 10.3. The van der Waals surface area contributed by atoms with Gasteiger partial charge in [-0.1, -0.05) is 37.3 Å². The molecule has 0 bridgehead atoms. The number of aldehydes is 1. The Hall–Kier alpha value is -2.20. The Morgan fingerprint density at radius 2 is 2.00 bits per heavy atom. The highest BCUT2D eigenvalue weighted by Gasteiger charge is 2.13. The first-order valence-electron chi connectivity index (χ1n) is 6.95. The summed E-state index contributed by atoms with van der Waals surface area (Å²) in [5.74, 6) is 0. The Kier molecular flexibility index (Phi) is 3.97. The average molecular weight is 296 g/mol. The predicted molar refractivity (Wildman–Crippen MR) is 85.8 cm³/mol. The molecule has 0 amide bonds. The molecule has 0 spiro atoms. The zero-order valence-corrected chi connectivity index (χ0v) is 12.6. The van der Waals surface area contributed by atoms with Gasteiger partial charge in [-0.2, -0.15) is 5.10 Å². The minimum atomic E-state index is 0.649. The Morgan fingerprint density at radius 3 is 2.67 bits per heavy atom. The van der Waals surface area contributed by atoms with Crippen molar-refractivity contribution in [2.45, 2.75) is 19.9 Å². The van der Waals surface area contributed by atoms with Crippen LogP contribution in [0.2, 0.25) is 0 Å². The lowest BCUT2D eigenvalue weighted by molar-refractivity contribution is 0.112. The second-order valence-electron chi connectivity index (χ2n) is 4.85. The van der Waals surface area contributed by atoms with Crippen LogP contribution >= 0.6 is 11.3 Å². The zero-order chi connectivity index (χ0) is 14.7. The summed E-state index contributed by atoms with van der Waals surface area (Å²) in [6, 6.07) is 14.3. The van der Waals surface area contributed by atoms with Crippen molar-refractivity contribution >= 4 is 17.6 Å². The summed E-state index contributed by atoms with van der Waals surface area (Å²) in [6.07, 6.45) is 3.71. The molecule has 0 unspecified atom stereocenters. The number of aryl methyl sites for hydroxylation is 1. The van der Waals surface area contributed by atoms with E-state index in [1.807, 2.05) is 35.1 Å². The molecule has 0 atom stereocenters. The standard InChI is InChI=1S/C17H16N2OS/c1-2-15-8-9-16(21-15)17-14(12-20)11-19(18-17)10-13-6-4-3-5-7-13/h3-9,11-12H,2,10H2,1H3. The number of hydrogen-bond donors (Lipinski definition) is 0. The lowest BCUT2D eigenvalue weighted by atomic mass is 10.2. The Balaban J connectivity index is 1.93. The van der Waals surface area contributed by atoms with E-state index in [2.05, 4.69) is 30.2 Å². The lowest BCUT2D eigenvalue weighted by Crippen LogP contribution is -1.99. The summed E-state index contributed by atoms with van der Waals surface area (Å²) in [4.78, 5) is 13.7. The highest BCUT2D eigenvalue weighted by molar-refractivity contribution is 7.15. The first kappa shape index (κ1) is 13.8. The molecule has 0 radical (unpaired) electrons. The highest BCUT2D eigenvalue weighted by Crippen LogP contribution is 2.29. The molecule has 0 fully saturated rings. The van der Waals surface area contributed by atoms with Gasteiger partial charge in [-0.25, -0.2) is 0 Å². The van der Waals surface area contributed by atoms with E-state index in [-0.39, 0.29) is 0 Å². The van der Waals surface area contributed by atoms with Gasteiger partial charge >= 0.3 is 0 Å². The van der Waals surface area contributed by atoms with E-state index in [1.54, 1.807) is 11.3 Å². The van der Waals surface area contributed by atoms with Crippen LogP contribution in [0.25, 0.3) is 10.6 Å². The van der Waals surface area contributed by atoms with Gasteiger partial charge in [0.05, 0.1) is 17.0 Å². The van der Waals surface area contributed by atoms with Crippen molar-refractivity contribution in [1.82, 2.24) is 9.78 Å². The van der Waals surface area contributed by atoms with E-state index in [0.29, 0.717) is 12.1 Å². The molecule has 106 valence electrons. The predicted octanol–water partition coefficient (Wildman–Crippen LogP) is 4.03. The molecule has 0 saturated heterocycles. The number of benzene rings is 1. The van der Waals surface area contributed by atoms with Gasteiger partial charge in [-0.15, -0.1) is 11.3 Å². The van der Waals surface area contributed by atoms with Gasteiger partial charge < -0.3 is 0 Å². The molecule has 2 aromatic heterocycles. The fourth-order valence-corrected chi connectivity index (χ4v) is 3.22. The summed E-state index contributed by atoms with van der Waals surface area (Å²) in [6.45, 7) is 2.80. The van der Waals surface area contributed by atoms with Crippen molar-refractivity contribution in [1.29, 1.82) is 0 Å². The minimum Gasteiger partial charge on any atom is -0.298 e. The largest absolute Gasteiger partial charge is 0.298 e. The third-order valence-corrected chi connectivity index (χ3v) is 4.58. The van der Waals surface area contributed by atoms with E-state index in [4.69, 9.17) is 0 Å². The molecular weight excluding hydrogens is 280 g/mol. The fourth-order valence-electron chi connectivity index (χ4n) is 2.26. The number of hydrogen-bond acceptors (Lipinski definition) is 3. The van der Waals surface area contributed by atoms with E-state index in [0.717, 1.165) is 23.3 Å². The summed E-state index contributed by atoms with van der Waals surface area (Å²) in [7, 11) is 0. The fraction of sp³-hybridized carbons (Fsp3) is 0.176. The van der Waals surface area contributed by atoms with Crippen molar-refractivity contribution in [3.63, 3.8) is 0 Å². The van der Waals surface area contributed by atoms with E-state index >= 15 is 0 Å². The van der Waals surface area contributed by atoms with Crippen LogP contribution < -0.4 is 0 Å². The molecule has 4 heteroatoms. The minimum absolute atomic E-state index is 0.649. The zero-order valence-electron chi connectivity index (χ0n) is 11.8. The summed E-state index contributed by atoms with van der Waals surface area (Å²) in [5, 5.41) is 4.59. The van der Waals surface area contributed by atoms with Crippen molar-refractivity contribution in [2.24, 2.45) is 0 Å². The number of rotatable bonds is 5. The van der Waals surface area contributed by atoms with Crippen LogP contribution in [0.3, 0.4) is 0 Å². The van der Waals surface area contributed by atoms with Crippen LogP contribution in [0.5, 0.6) is 0 Å². The number of thiophene rings is 1. The molecule has 1 aromatic carbocycles. The number of carbonyl (C=O) groups excluding carboxylic acids is 1. The molecule has 0 aliphatic rings. The summed E-state index contributed by atoms with van der Waals surface area (Å²) in [5.41, 5.74) is 2.60. The van der Waals surface area contributed by atoms with Gasteiger partial charge in [0, 0.05) is 11.1 Å². The van der Waals surface area contributed by atoms with Gasteiger partial charge in [0.15, 0.2) is 6.29 Å². The van der Waals surface area contributed by atoms with Crippen LogP contribution in [0.15, 0.2) is 48.7 Å². The maximum Gasteiger partial charge on any atom is 0.153 e. The van der Waals surface area contributed by atoms with Crippen molar-refractivity contribution in [3.05, 3.63) is 64.7 Å². The van der Waals surface area contributed by atoms with Crippen molar-refractivity contribution in [3.8, 4) is 10.6 Å². The monoisotopic (exact) mass is 296 g/mol. The second kappa shape index (κ2) is 6.06. The van der Waals surface area contributed by atoms with Crippen molar-refractivity contribution in [2.75, 3.05) is 0 Å². The van der Waals surface area contributed by atoms with E-state index in [9.17, 15) is 4.79 Å². The lowest BCUT2D eigenvalue weighted by Gasteiger charge is -2.00. The highest BCUT2D eigenvalue weighted by atomic mass is 32.1. The molecule has 3 rings (SSSR count). The summed E-state index contributed by atoms with van der Waals surface area (Å²) < 4.78 is 1.83. The Morgan fingerprint density at radius 1 is 1.19 bits per heavy atom. The van der Waals surface area contributed by atoms with Crippen LogP contribution in [0.4, 0.5) is 0 Å². The van der Waals surface area contributed by atoms with Crippen molar-refractivity contribution < 1.29 is 4.79 Å². The molecule has 3 nitrogen and oxygen atoms in total. The van der Waals surface area contributed by atoms with Crippen LogP contribution in [-0.2, 0) is 13.0 Å². The van der Waals surface area contributed by atoms with Gasteiger partial charge in [0.25, 0.3) is 0 Å². The molecular formula is C17H16N2OS. The average Bonchev–Trinajstić information content (AvgIpc) is 3.14. The molecule has 3 aromatic rings. The smallest absolute Gasteiger partial charge is 0.153 e. The topological polar surface area (TPSA) is 34.9 Å². The van der Waals surface area contributed by atoms with Crippen LogP contribution in [0, 0.1) is 0 Å². The molecule has 0 aliphatic heterocycles. The number of carbonyl (C=O) groups is 1. The van der Waals surface area contributed by atoms with Gasteiger partial charge in [0.1, 0.15) is 5.69 Å². The van der Waals surface area contributed by atoms with E-state index < -0.39 is 0 Å². The second-order valence-corrected chi connectivity index (χ2v) is 6.02. The van der Waals surface area contributed by atoms with Gasteiger partial charge in [0.2, 0.25) is 0 Å². The van der Waals surface area contributed by atoms with Gasteiger partial charge in [-0.3, -0.25) is 9.48 Å². The third-order valence-electron chi connectivity index (χ3n) is 3.35. The SMILES string of the molecule is CCc1ccc(-c2nn(Cc3ccccc3)cc2C=O)s1.